The Hall–Kier alpha value is -2.62. The molecule has 100 valence electrons. The molecule has 19 heavy (non-hydrogen) atoms. The monoisotopic (exact) mass is 263 g/mol. The van der Waals surface area contributed by atoms with E-state index in [0.29, 0.717) is 5.69 Å². The minimum absolute atomic E-state index is 0.0630. The number of carboxylic acids is 1. The number of nitrogens with zero attached hydrogens (tertiary/aromatic N) is 2. The molecular weight excluding hydrogens is 250 g/mol. The molecule has 7 nitrogen and oxygen atoms in total. The molecule has 0 aromatic heterocycles. The van der Waals surface area contributed by atoms with Crippen LogP contribution in [0.3, 0.4) is 0 Å². The second-order valence-electron chi connectivity index (χ2n) is 4.31. The van der Waals surface area contributed by atoms with Gasteiger partial charge in [0, 0.05) is 11.8 Å². The molecule has 0 aliphatic rings. The topological polar surface area (TPSA) is 116 Å². The van der Waals surface area contributed by atoms with Crippen LogP contribution < -0.4 is 5.32 Å². The third-order valence-corrected chi connectivity index (χ3v) is 2.57. The fourth-order valence-corrected chi connectivity index (χ4v) is 1.56. The predicted octanol–water partition coefficient (Wildman–Crippen LogP) is 1.99. The lowest BCUT2D eigenvalue weighted by atomic mass is 10.0. The summed E-state index contributed by atoms with van der Waals surface area (Å²) in [6.45, 7) is 3.45. The van der Waals surface area contributed by atoms with Crippen molar-refractivity contribution in [3.8, 4) is 6.07 Å². The van der Waals surface area contributed by atoms with Gasteiger partial charge in [-0.05, 0) is 18.1 Å². The number of rotatable bonds is 5. The second-order valence-corrected chi connectivity index (χ2v) is 4.31. The van der Waals surface area contributed by atoms with Crippen molar-refractivity contribution in [2.75, 3.05) is 5.32 Å². The van der Waals surface area contributed by atoms with E-state index in [2.05, 4.69) is 5.32 Å². The summed E-state index contributed by atoms with van der Waals surface area (Å²) >= 11 is 0. The highest BCUT2D eigenvalue weighted by atomic mass is 16.6. The molecule has 0 saturated carbocycles. The fourth-order valence-electron chi connectivity index (χ4n) is 1.56. The lowest BCUT2D eigenvalue weighted by Crippen LogP contribution is -2.34. The molecule has 0 bridgehead atoms. The maximum absolute atomic E-state index is 11.0. The molecule has 0 spiro atoms. The van der Waals surface area contributed by atoms with E-state index >= 15 is 0 Å². The van der Waals surface area contributed by atoms with Crippen molar-refractivity contribution < 1.29 is 14.8 Å². The number of hydrogen-bond donors (Lipinski definition) is 2. The molecule has 1 aromatic rings. The second kappa shape index (κ2) is 5.82. The number of hydrogen-bond acceptors (Lipinski definition) is 5. The first-order valence-corrected chi connectivity index (χ1v) is 5.54. The number of carbonyl (C=O) groups is 1. The van der Waals surface area contributed by atoms with Gasteiger partial charge in [-0.25, -0.2) is 4.79 Å². The van der Waals surface area contributed by atoms with Gasteiger partial charge in [0.2, 0.25) is 0 Å². The first-order chi connectivity index (χ1) is 8.86. The van der Waals surface area contributed by atoms with Gasteiger partial charge in [0.25, 0.3) is 5.69 Å². The number of benzene rings is 1. The van der Waals surface area contributed by atoms with E-state index in [1.807, 2.05) is 0 Å². The number of nitro groups is 1. The van der Waals surface area contributed by atoms with Crippen molar-refractivity contribution >= 4 is 17.3 Å². The van der Waals surface area contributed by atoms with Crippen LogP contribution >= 0.6 is 0 Å². The summed E-state index contributed by atoms with van der Waals surface area (Å²) < 4.78 is 0. The van der Waals surface area contributed by atoms with Gasteiger partial charge in [0.1, 0.15) is 17.7 Å². The van der Waals surface area contributed by atoms with Crippen molar-refractivity contribution in [1.82, 2.24) is 0 Å². The zero-order valence-corrected chi connectivity index (χ0v) is 10.5. The summed E-state index contributed by atoms with van der Waals surface area (Å²) in [5.74, 6) is -1.23. The molecule has 1 atom stereocenters. The van der Waals surface area contributed by atoms with Gasteiger partial charge in [-0.1, -0.05) is 13.8 Å². The van der Waals surface area contributed by atoms with Crippen molar-refractivity contribution in [2.24, 2.45) is 5.92 Å². The standard InChI is InChI=1S/C12H13N3O4/c1-7(2)11(12(16)17)14-9-4-3-8(6-13)10(5-9)15(18)19/h3-5,7,11,14H,1-2H3,(H,16,17). The number of aliphatic carboxylic acids is 1. The van der Waals surface area contributed by atoms with Crippen LogP contribution in [0, 0.1) is 27.4 Å². The van der Waals surface area contributed by atoms with E-state index in [4.69, 9.17) is 10.4 Å². The van der Waals surface area contributed by atoms with Crippen LogP contribution in [0.25, 0.3) is 0 Å². The summed E-state index contributed by atoms with van der Waals surface area (Å²) in [5.41, 5.74) is -0.112. The van der Waals surface area contributed by atoms with Crippen molar-refractivity contribution in [3.63, 3.8) is 0 Å². The quantitative estimate of drug-likeness (QED) is 0.619. The van der Waals surface area contributed by atoms with Crippen LogP contribution in [0.4, 0.5) is 11.4 Å². The third-order valence-electron chi connectivity index (χ3n) is 2.57. The van der Waals surface area contributed by atoms with Gasteiger partial charge < -0.3 is 10.4 Å². The van der Waals surface area contributed by atoms with Gasteiger partial charge in [-0.15, -0.1) is 0 Å². The first kappa shape index (κ1) is 14.4. The Kier molecular flexibility index (Phi) is 4.42. The van der Waals surface area contributed by atoms with Gasteiger partial charge in [-0.3, -0.25) is 10.1 Å². The van der Waals surface area contributed by atoms with Crippen molar-refractivity contribution in [1.29, 1.82) is 5.26 Å². The highest BCUT2D eigenvalue weighted by Gasteiger charge is 2.22. The van der Waals surface area contributed by atoms with Crippen LogP contribution in [0.1, 0.15) is 19.4 Å². The number of nitro benzene ring substituents is 1. The Morgan fingerprint density at radius 3 is 2.58 bits per heavy atom. The van der Waals surface area contributed by atoms with Crippen LogP contribution in [0.5, 0.6) is 0 Å². The van der Waals surface area contributed by atoms with E-state index in [9.17, 15) is 14.9 Å². The Morgan fingerprint density at radius 2 is 2.16 bits per heavy atom. The molecule has 0 radical (unpaired) electrons. The molecule has 0 heterocycles. The molecule has 0 amide bonds. The molecule has 1 unspecified atom stereocenters. The zero-order valence-electron chi connectivity index (χ0n) is 10.5. The predicted molar refractivity (Wildman–Crippen MR) is 67.7 cm³/mol. The number of carboxylic acid groups (broad SMARTS) is 1. The minimum atomic E-state index is -1.04. The molecule has 0 aliphatic heterocycles. The molecule has 2 N–H and O–H groups in total. The number of nitrogens with one attached hydrogen (secondary N) is 1. The van der Waals surface area contributed by atoms with E-state index < -0.39 is 16.9 Å². The summed E-state index contributed by atoms with van der Waals surface area (Å²) in [7, 11) is 0. The fraction of sp³-hybridized carbons (Fsp3) is 0.333. The maximum atomic E-state index is 11.0. The molecule has 1 aromatic carbocycles. The van der Waals surface area contributed by atoms with Crippen molar-refractivity contribution in [2.45, 2.75) is 19.9 Å². The smallest absolute Gasteiger partial charge is 0.326 e. The Morgan fingerprint density at radius 1 is 1.53 bits per heavy atom. The SMILES string of the molecule is CC(C)C(Nc1ccc(C#N)c([N+](=O)[O-])c1)C(=O)O. The highest BCUT2D eigenvalue weighted by Crippen LogP contribution is 2.23. The van der Waals surface area contributed by atoms with E-state index in [-0.39, 0.29) is 17.2 Å². The lowest BCUT2D eigenvalue weighted by Gasteiger charge is -2.19. The van der Waals surface area contributed by atoms with Gasteiger partial charge in [0.05, 0.1) is 4.92 Å². The van der Waals surface area contributed by atoms with Crippen molar-refractivity contribution in [3.05, 3.63) is 33.9 Å². The Labute approximate surface area is 109 Å². The molecule has 7 heteroatoms. The maximum Gasteiger partial charge on any atom is 0.326 e. The van der Waals surface area contributed by atoms with Crippen LogP contribution in [-0.4, -0.2) is 22.0 Å². The largest absolute Gasteiger partial charge is 0.480 e. The lowest BCUT2D eigenvalue weighted by molar-refractivity contribution is -0.385. The minimum Gasteiger partial charge on any atom is -0.480 e. The Bertz CT molecular complexity index is 548. The van der Waals surface area contributed by atoms with E-state index in [0.717, 1.165) is 6.07 Å². The van der Waals surface area contributed by atoms with Crippen LogP contribution in [0.2, 0.25) is 0 Å². The molecule has 1 rings (SSSR count). The average Bonchev–Trinajstić information content (AvgIpc) is 2.34. The van der Waals surface area contributed by atoms with E-state index in [1.165, 1.54) is 12.1 Å². The third kappa shape index (κ3) is 3.42. The van der Waals surface area contributed by atoms with Gasteiger partial charge in [0.15, 0.2) is 0 Å². The number of nitriles is 1. The zero-order chi connectivity index (χ0) is 14.6. The molecule has 0 fully saturated rings. The summed E-state index contributed by atoms with van der Waals surface area (Å²) in [6.07, 6.45) is 0. The normalized spacial score (nSPS) is 11.7. The summed E-state index contributed by atoms with van der Waals surface area (Å²) in [4.78, 5) is 21.2. The highest BCUT2D eigenvalue weighted by molar-refractivity contribution is 5.78. The average molecular weight is 263 g/mol. The summed E-state index contributed by atoms with van der Waals surface area (Å²) in [5, 5.41) is 31.3. The van der Waals surface area contributed by atoms with Gasteiger partial charge in [-0.2, -0.15) is 5.26 Å². The Balaban J connectivity index is 3.10. The molecular formula is C12H13N3O4. The molecule has 0 saturated heterocycles. The first-order valence-electron chi connectivity index (χ1n) is 5.54. The molecule has 0 aliphatic carbocycles. The van der Waals surface area contributed by atoms with Crippen LogP contribution in [0.15, 0.2) is 18.2 Å². The van der Waals surface area contributed by atoms with E-state index in [1.54, 1.807) is 19.9 Å². The number of anilines is 1. The summed E-state index contributed by atoms with van der Waals surface area (Å²) in [6, 6.07) is 4.77. The van der Waals surface area contributed by atoms with Gasteiger partial charge >= 0.3 is 5.97 Å². The van der Waals surface area contributed by atoms with Crippen LogP contribution in [-0.2, 0) is 4.79 Å².